The van der Waals surface area contributed by atoms with Gasteiger partial charge in [-0.15, -0.1) is 0 Å². The van der Waals surface area contributed by atoms with Gasteiger partial charge in [0, 0.05) is 12.3 Å². The predicted molar refractivity (Wildman–Crippen MR) is 47.8 cm³/mol. The predicted octanol–water partition coefficient (Wildman–Crippen LogP) is 0.664. The zero-order chi connectivity index (χ0) is 10.5. The molecule has 1 N–H and O–H groups in total. The summed E-state index contributed by atoms with van der Waals surface area (Å²) in [7, 11) is -3.05. The first-order valence-corrected chi connectivity index (χ1v) is 5.93. The summed E-state index contributed by atoms with van der Waals surface area (Å²) < 4.78 is 45.7. The third-order valence-corrected chi connectivity index (χ3v) is 3.40. The van der Waals surface area contributed by atoms with E-state index in [0.29, 0.717) is 0 Å². The van der Waals surface area contributed by atoms with Crippen LogP contribution < -0.4 is 5.32 Å². The minimum absolute atomic E-state index is 0.0533. The van der Waals surface area contributed by atoms with Gasteiger partial charge in [-0.2, -0.15) is 0 Å². The van der Waals surface area contributed by atoms with Gasteiger partial charge in [-0.1, -0.05) is 6.92 Å². The zero-order valence-corrected chi connectivity index (χ0v) is 8.57. The topological polar surface area (TPSA) is 46.2 Å². The number of nitrogens with one attached hydrogen (secondary N) is 1. The van der Waals surface area contributed by atoms with Gasteiger partial charge in [0.1, 0.15) is 0 Å². The summed E-state index contributed by atoms with van der Waals surface area (Å²) in [5, 5.41) is 2.44. The molecule has 13 heavy (non-hydrogen) atoms. The lowest BCUT2D eigenvalue weighted by atomic mass is 10.3. The maximum absolute atomic E-state index is 11.9. The Morgan fingerprint density at radius 1 is 1.38 bits per heavy atom. The van der Waals surface area contributed by atoms with Crippen LogP contribution in [0.5, 0.6) is 0 Å². The van der Waals surface area contributed by atoms with Gasteiger partial charge in [0.05, 0.1) is 11.8 Å². The zero-order valence-electron chi connectivity index (χ0n) is 7.76. The minimum atomic E-state index is -3.05. The lowest BCUT2D eigenvalue weighted by molar-refractivity contribution is 0.107. The molecule has 0 saturated carbocycles. The van der Waals surface area contributed by atoms with E-state index in [0.717, 1.165) is 0 Å². The average Bonchev–Trinajstić information content (AvgIpc) is 2.04. The Kier molecular flexibility index (Phi) is 5.39. The Hall–Kier alpha value is -0.230. The number of rotatable bonds is 6. The largest absolute Gasteiger partial charge is 0.308 e. The maximum atomic E-state index is 11.9. The monoisotopic (exact) mass is 215 g/mol. The van der Waals surface area contributed by atoms with E-state index < -0.39 is 22.3 Å². The van der Waals surface area contributed by atoms with E-state index in [1.165, 1.54) is 13.8 Å². The molecule has 0 aromatic carbocycles. The normalized spacial score (nSPS) is 14.8. The molecule has 0 aromatic heterocycles. The summed E-state index contributed by atoms with van der Waals surface area (Å²) >= 11 is 0. The Bertz CT molecular complexity index is 229. The van der Waals surface area contributed by atoms with Crippen molar-refractivity contribution in [1.82, 2.24) is 5.32 Å². The van der Waals surface area contributed by atoms with Crippen LogP contribution in [0, 0.1) is 0 Å². The highest BCUT2D eigenvalue weighted by molar-refractivity contribution is 7.91. The lowest BCUT2D eigenvalue weighted by Gasteiger charge is -2.11. The van der Waals surface area contributed by atoms with Crippen molar-refractivity contribution >= 4 is 9.84 Å². The Morgan fingerprint density at radius 2 is 1.92 bits per heavy atom. The molecular formula is C7H15F2NO2S. The molecule has 1 atom stereocenters. The van der Waals surface area contributed by atoms with E-state index in [-0.39, 0.29) is 18.1 Å². The van der Waals surface area contributed by atoms with Gasteiger partial charge in [0.15, 0.2) is 9.84 Å². The minimum Gasteiger partial charge on any atom is -0.308 e. The van der Waals surface area contributed by atoms with Crippen molar-refractivity contribution in [1.29, 1.82) is 0 Å². The molecule has 1 unspecified atom stereocenters. The first kappa shape index (κ1) is 12.8. The second-order valence-electron chi connectivity index (χ2n) is 2.81. The molecule has 0 amide bonds. The number of hydrogen-bond acceptors (Lipinski definition) is 3. The first-order chi connectivity index (χ1) is 5.89. The summed E-state index contributed by atoms with van der Waals surface area (Å²) in [6.07, 6.45) is -2.45. The molecule has 80 valence electrons. The number of sulfone groups is 1. The molecule has 0 bridgehead atoms. The van der Waals surface area contributed by atoms with Crippen LogP contribution >= 0.6 is 0 Å². The third-order valence-electron chi connectivity index (χ3n) is 1.70. The third kappa shape index (κ3) is 5.93. The number of alkyl halides is 2. The Balaban J connectivity index is 3.69. The van der Waals surface area contributed by atoms with Crippen LogP contribution in [0.25, 0.3) is 0 Å². The van der Waals surface area contributed by atoms with Crippen LogP contribution in [-0.4, -0.2) is 38.9 Å². The molecule has 3 nitrogen and oxygen atoms in total. The smallest absolute Gasteiger partial charge is 0.253 e. The molecule has 0 heterocycles. The van der Waals surface area contributed by atoms with E-state index in [1.54, 1.807) is 0 Å². The first-order valence-electron chi connectivity index (χ1n) is 4.11. The fourth-order valence-electron chi connectivity index (χ4n) is 0.676. The molecule has 0 spiro atoms. The van der Waals surface area contributed by atoms with Crippen LogP contribution in [0.15, 0.2) is 0 Å². The fourth-order valence-corrected chi connectivity index (χ4v) is 1.39. The fraction of sp³-hybridized carbons (Fsp3) is 1.00. The lowest BCUT2D eigenvalue weighted by Crippen LogP contribution is -2.36. The van der Waals surface area contributed by atoms with E-state index >= 15 is 0 Å². The highest BCUT2D eigenvalue weighted by Gasteiger charge is 2.14. The van der Waals surface area contributed by atoms with Gasteiger partial charge >= 0.3 is 0 Å². The molecule has 6 heteroatoms. The molecule has 0 aliphatic heterocycles. The number of hydrogen-bond donors (Lipinski definition) is 1. The molecular weight excluding hydrogens is 200 g/mol. The van der Waals surface area contributed by atoms with Gasteiger partial charge in [-0.3, -0.25) is 0 Å². The second-order valence-corrected chi connectivity index (χ2v) is 5.29. The van der Waals surface area contributed by atoms with Gasteiger partial charge in [0.25, 0.3) is 6.43 Å². The molecule has 0 aliphatic carbocycles. The van der Waals surface area contributed by atoms with Crippen LogP contribution in [0.3, 0.4) is 0 Å². The highest BCUT2D eigenvalue weighted by Crippen LogP contribution is 1.98. The van der Waals surface area contributed by atoms with Crippen molar-refractivity contribution < 1.29 is 17.2 Å². The van der Waals surface area contributed by atoms with E-state index in [2.05, 4.69) is 5.32 Å². The van der Waals surface area contributed by atoms with Crippen molar-refractivity contribution in [2.75, 3.05) is 18.1 Å². The molecule has 0 fully saturated rings. The van der Waals surface area contributed by atoms with Crippen LogP contribution in [0.4, 0.5) is 8.78 Å². The van der Waals surface area contributed by atoms with Gasteiger partial charge < -0.3 is 5.32 Å². The summed E-state index contributed by atoms with van der Waals surface area (Å²) in [4.78, 5) is 0. The summed E-state index contributed by atoms with van der Waals surface area (Å²) in [6, 6.07) is -0.952. The van der Waals surface area contributed by atoms with Crippen LogP contribution in [0.2, 0.25) is 0 Å². The van der Waals surface area contributed by atoms with Crippen molar-refractivity contribution in [3.05, 3.63) is 0 Å². The van der Waals surface area contributed by atoms with Crippen molar-refractivity contribution in [3.63, 3.8) is 0 Å². The molecule has 0 saturated heterocycles. The molecule has 0 aliphatic rings. The average molecular weight is 215 g/mol. The maximum Gasteiger partial charge on any atom is 0.253 e. The molecule has 0 radical (unpaired) electrons. The molecule has 0 aromatic rings. The number of halogens is 2. The summed E-state index contributed by atoms with van der Waals surface area (Å²) in [5.74, 6) is -0.0295. The Morgan fingerprint density at radius 3 is 2.31 bits per heavy atom. The SMILES string of the molecule is CCS(=O)(=O)CCNC(C)C(F)F. The quantitative estimate of drug-likeness (QED) is 0.708. The Labute approximate surface area is 77.4 Å². The van der Waals surface area contributed by atoms with Crippen LogP contribution in [0.1, 0.15) is 13.8 Å². The van der Waals surface area contributed by atoms with Crippen molar-refractivity contribution in [3.8, 4) is 0 Å². The van der Waals surface area contributed by atoms with E-state index in [9.17, 15) is 17.2 Å². The van der Waals surface area contributed by atoms with Crippen molar-refractivity contribution in [2.24, 2.45) is 0 Å². The van der Waals surface area contributed by atoms with E-state index in [4.69, 9.17) is 0 Å². The summed E-state index contributed by atoms with van der Waals surface area (Å²) in [6.45, 7) is 2.94. The van der Waals surface area contributed by atoms with Gasteiger partial charge in [0.2, 0.25) is 0 Å². The summed E-state index contributed by atoms with van der Waals surface area (Å²) in [5.41, 5.74) is 0. The highest BCUT2D eigenvalue weighted by atomic mass is 32.2. The molecule has 0 rings (SSSR count). The van der Waals surface area contributed by atoms with Gasteiger partial charge in [-0.05, 0) is 6.92 Å². The van der Waals surface area contributed by atoms with E-state index in [1.807, 2.05) is 0 Å². The van der Waals surface area contributed by atoms with Crippen LogP contribution in [-0.2, 0) is 9.84 Å². The second kappa shape index (κ2) is 5.49. The van der Waals surface area contributed by atoms with Gasteiger partial charge in [-0.25, -0.2) is 17.2 Å². The standard InChI is InChI=1S/C7H15F2NO2S/c1-3-13(11,12)5-4-10-6(2)7(8)9/h6-7,10H,3-5H2,1-2H3. The van der Waals surface area contributed by atoms with Crippen molar-refractivity contribution in [2.45, 2.75) is 26.3 Å².